The van der Waals surface area contributed by atoms with Crippen LogP contribution in [0.25, 0.3) is 0 Å². The fourth-order valence-electron chi connectivity index (χ4n) is 4.87. The van der Waals surface area contributed by atoms with Gasteiger partial charge in [0, 0.05) is 16.1 Å². The largest absolute Gasteiger partial charge is 0.496 e. The van der Waals surface area contributed by atoms with Gasteiger partial charge in [0.2, 0.25) is 5.91 Å². The minimum atomic E-state index is -1.08. The van der Waals surface area contributed by atoms with E-state index in [-0.39, 0.29) is 5.69 Å². The number of hydrazine groups is 1. The number of benzene rings is 3. The van der Waals surface area contributed by atoms with Gasteiger partial charge < -0.3 is 9.47 Å². The van der Waals surface area contributed by atoms with Crippen molar-refractivity contribution in [3.05, 3.63) is 88.4 Å². The first kappa shape index (κ1) is 23.8. The Hall–Kier alpha value is -3.88. The van der Waals surface area contributed by atoms with Crippen LogP contribution in [0.1, 0.15) is 27.5 Å². The maximum atomic E-state index is 13.9. The quantitative estimate of drug-likeness (QED) is 0.529. The third-order valence-corrected chi connectivity index (χ3v) is 6.84. The SMILES string of the molecule is COc1ccccc1[C@@H]1NN(C(=O)c2ccc(C)cc2)[C@H]2C(=O)N(c3cc(Cl)ccc3OC)C(=O)[C@@H]12. The summed E-state index contributed by atoms with van der Waals surface area (Å²) in [6.45, 7) is 1.92. The minimum Gasteiger partial charge on any atom is -0.496 e. The molecular weight excluding hydrogens is 482 g/mol. The number of nitrogens with one attached hydrogen (secondary N) is 1. The van der Waals surface area contributed by atoms with Crippen LogP contribution in [0.3, 0.4) is 0 Å². The monoisotopic (exact) mass is 505 g/mol. The molecule has 2 aliphatic heterocycles. The first-order chi connectivity index (χ1) is 17.3. The van der Waals surface area contributed by atoms with Gasteiger partial charge in [-0.05, 0) is 43.3 Å². The zero-order valence-electron chi connectivity index (χ0n) is 19.9. The number of amides is 3. The summed E-state index contributed by atoms with van der Waals surface area (Å²) in [5.74, 6) is -1.46. The predicted molar refractivity (Wildman–Crippen MR) is 134 cm³/mol. The molecule has 36 heavy (non-hydrogen) atoms. The molecule has 3 amide bonds. The number of rotatable bonds is 5. The number of para-hydroxylation sites is 1. The number of anilines is 1. The van der Waals surface area contributed by atoms with E-state index >= 15 is 0 Å². The van der Waals surface area contributed by atoms with Gasteiger partial charge in [-0.1, -0.05) is 47.5 Å². The molecule has 2 fully saturated rings. The van der Waals surface area contributed by atoms with Crippen molar-refractivity contribution in [2.45, 2.75) is 19.0 Å². The van der Waals surface area contributed by atoms with Gasteiger partial charge in [-0.3, -0.25) is 19.4 Å². The number of ether oxygens (including phenoxy) is 2. The summed E-state index contributed by atoms with van der Waals surface area (Å²) in [6, 6.07) is 17.2. The Labute approximate surface area is 213 Å². The standard InChI is InChI=1S/C27H24ClN3O5/c1-15-8-10-16(11-9-15)25(32)31-24-22(23(29-31)18-6-4-5-7-20(18)35-2)26(33)30(27(24)34)19-14-17(28)12-13-21(19)36-3/h4-14,22-24,29H,1-3H3/t22-,23-,24+/m0/s1. The normalized spacial score (nSPS) is 21.1. The molecule has 0 spiro atoms. The minimum absolute atomic E-state index is 0.232. The Bertz CT molecular complexity index is 1360. The van der Waals surface area contributed by atoms with Crippen molar-refractivity contribution in [3.8, 4) is 11.5 Å². The second-order valence-corrected chi connectivity index (χ2v) is 9.13. The maximum absolute atomic E-state index is 13.9. The lowest BCUT2D eigenvalue weighted by Gasteiger charge is -2.26. The van der Waals surface area contributed by atoms with Crippen LogP contribution in [-0.2, 0) is 9.59 Å². The number of imide groups is 1. The van der Waals surface area contributed by atoms with Gasteiger partial charge in [0.05, 0.1) is 31.9 Å². The molecule has 3 atom stereocenters. The number of nitrogens with zero attached hydrogens (tertiary/aromatic N) is 2. The summed E-state index contributed by atoms with van der Waals surface area (Å²) in [5.41, 5.74) is 5.43. The molecule has 0 aromatic heterocycles. The molecule has 0 aliphatic carbocycles. The molecular formula is C27H24ClN3O5. The van der Waals surface area contributed by atoms with Crippen LogP contribution in [0, 0.1) is 12.8 Å². The molecule has 0 bridgehead atoms. The lowest BCUT2D eigenvalue weighted by atomic mass is 9.90. The van der Waals surface area contributed by atoms with E-state index in [0.29, 0.717) is 27.6 Å². The van der Waals surface area contributed by atoms with Crippen molar-refractivity contribution in [2.75, 3.05) is 19.1 Å². The van der Waals surface area contributed by atoms with E-state index in [0.717, 1.165) is 10.5 Å². The fraction of sp³-hybridized carbons (Fsp3) is 0.222. The summed E-state index contributed by atoms with van der Waals surface area (Å²) in [6.07, 6.45) is 0. The maximum Gasteiger partial charge on any atom is 0.268 e. The van der Waals surface area contributed by atoms with E-state index < -0.39 is 35.7 Å². The molecule has 0 saturated carbocycles. The number of halogens is 1. The van der Waals surface area contributed by atoms with Gasteiger partial charge in [0.15, 0.2) is 0 Å². The molecule has 3 aromatic carbocycles. The third-order valence-electron chi connectivity index (χ3n) is 6.61. The summed E-state index contributed by atoms with van der Waals surface area (Å²) < 4.78 is 10.9. The zero-order valence-corrected chi connectivity index (χ0v) is 20.7. The molecule has 2 heterocycles. The molecule has 5 rings (SSSR count). The van der Waals surface area contributed by atoms with Crippen molar-refractivity contribution in [2.24, 2.45) is 5.92 Å². The van der Waals surface area contributed by atoms with Crippen molar-refractivity contribution >= 4 is 35.0 Å². The first-order valence-corrected chi connectivity index (χ1v) is 11.7. The van der Waals surface area contributed by atoms with Crippen LogP contribution in [0.2, 0.25) is 5.02 Å². The molecule has 8 nitrogen and oxygen atoms in total. The number of hydrogen-bond acceptors (Lipinski definition) is 6. The zero-order chi connectivity index (χ0) is 25.6. The van der Waals surface area contributed by atoms with E-state index in [1.54, 1.807) is 30.3 Å². The highest BCUT2D eigenvalue weighted by Gasteiger charge is 2.61. The van der Waals surface area contributed by atoms with Gasteiger partial charge in [-0.25, -0.2) is 10.3 Å². The van der Waals surface area contributed by atoms with Crippen LogP contribution in [-0.4, -0.2) is 43.0 Å². The second-order valence-electron chi connectivity index (χ2n) is 8.69. The Morgan fingerprint density at radius 2 is 1.61 bits per heavy atom. The second kappa shape index (κ2) is 9.29. The van der Waals surface area contributed by atoms with Crippen molar-refractivity contribution in [1.29, 1.82) is 0 Å². The number of hydrogen-bond donors (Lipinski definition) is 1. The fourth-order valence-corrected chi connectivity index (χ4v) is 5.03. The van der Waals surface area contributed by atoms with Gasteiger partial charge in [-0.15, -0.1) is 0 Å². The Balaban J connectivity index is 1.63. The van der Waals surface area contributed by atoms with Crippen molar-refractivity contribution in [1.82, 2.24) is 10.4 Å². The highest BCUT2D eigenvalue weighted by Crippen LogP contribution is 2.46. The van der Waals surface area contributed by atoms with Crippen LogP contribution in [0.4, 0.5) is 5.69 Å². The smallest absolute Gasteiger partial charge is 0.268 e. The molecule has 0 radical (unpaired) electrons. The Morgan fingerprint density at radius 3 is 2.31 bits per heavy atom. The Kier molecular flexibility index (Phi) is 6.15. The van der Waals surface area contributed by atoms with Crippen LogP contribution in [0.5, 0.6) is 11.5 Å². The first-order valence-electron chi connectivity index (χ1n) is 11.4. The molecule has 3 aromatic rings. The number of aryl methyl sites for hydroxylation is 1. The van der Waals surface area contributed by atoms with E-state index in [2.05, 4.69) is 5.43 Å². The van der Waals surface area contributed by atoms with Crippen LogP contribution < -0.4 is 19.8 Å². The topological polar surface area (TPSA) is 88.2 Å². The van der Waals surface area contributed by atoms with Crippen molar-refractivity contribution < 1.29 is 23.9 Å². The summed E-state index contributed by atoms with van der Waals surface area (Å²) in [5, 5.41) is 1.61. The van der Waals surface area contributed by atoms with Crippen molar-refractivity contribution in [3.63, 3.8) is 0 Å². The molecule has 2 aliphatic rings. The molecule has 9 heteroatoms. The molecule has 0 unspecified atom stereocenters. The van der Waals surface area contributed by atoms with Gasteiger partial charge in [-0.2, -0.15) is 0 Å². The number of methoxy groups -OCH3 is 2. The number of carbonyl (C=O) groups excluding carboxylic acids is 3. The van der Waals surface area contributed by atoms with Gasteiger partial charge in [0.1, 0.15) is 17.5 Å². The van der Waals surface area contributed by atoms with Crippen LogP contribution in [0.15, 0.2) is 66.7 Å². The third kappa shape index (κ3) is 3.79. The van der Waals surface area contributed by atoms with E-state index in [9.17, 15) is 14.4 Å². The highest BCUT2D eigenvalue weighted by atomic mass is 35.5. The predicted octanol–water partition coefficient (Wildman–Crippen LogP) is 3.93. The average molecular weight is 506 g/mol. The van der Waals surface area contributed by atoms with Gasteiger partial charge >= 0.3 is 0 Å². The average Bonchev–Trinajstić information content (AvgIpc) is 3.40. The van der Waals surface area contributed by atoms with E-state index in [4.69, 9.17) is 21.1 Å². The van der Waals surface area contributed by atoms with E-state index in [1.165, 1.54) is 25.3 Å². The van der Waals surface area contributed by atoms with E-state index in [1.807, 2.05) is 37.3 Å². The lowest BCUT2D eigenvalue weighted by molar-refractivity contribution is -0.123. The summed E-state index contributed by atoms with van der Waals surface area (Å²) in [4.78, 5) is 42.4. The lowest BCUT2D eigenvalue weighted by Crippen LogP contribution is -2.48. The summed E-state index contributed by atoms with van der Waals surface area (Å²) >= 11 is 6.21. The number of fused-ring (bicyclic) bond motifs is 1. The summed E-state index contributed by atoms with van der Waals surface area (Å²) in [7, 11) is 2.98. The molecule has 184 valence electrons. The van der Waals surface area contributed by atoms with Crippen LogP contribution >= 0.6 is 11.6 Å². The number of carbonyl (C=O) groups is 3. The Morgan fingerprint density at radius 1 is 0.917 bits per heavy atom. The molecule has 2 saturated heterocycles. The molecule has 1 N–H and O–H groups in total. The van der Waals surface area contributed by atoms with Gasteiger partial charge in [0.25, 0.3) is 11.8 Å². The highest BCUT2D eigenvalue weighted by molar-refractivity contribution is 6.32.